The van der Waals surface area contributed by atoms with E-state index in [9.17, 15) is 0 Å². The van der Waals surface area contributed by atoms with Crippen molar-refractivity contribution in [1.82, 2.24) is 9.78 Å². The van der Waals surface area contributed by atoms with Gasteiger partial charge >= 0.3 is 0 Å². The van der Waals surface area contributed by atoms with Gasteiger partial charge in [0.2, 0.25) is 0 Å². The first-order valence-electron chi connectivity index (χ1n) is 2.88. The van der Waals surface area contributed by atoms with Gasteiger partial charge in [0.25, 0.3) is 0 Å². The van der Waals surface area contributed by atoms with Crippen molar-refractivity contribution in [2.24, 2.45) is 4.99 Å². The lowest BCUT2D eigenvalue weighted by Crippen LogP contribution is -1.87. The molecule has 0 fully saturated rings. The monoisotopic (exact) mass is 133 g/mol. The van der Waals surface area contributed by atoms with Gasteiger partial charge in [-0.3, -0.25) is 0 Å². The molecule has 1 aromatic heterocycles. The Labute approximate surface area is 59.4 Å². The van der Waals surface area contributed by atoms with E-state index in [0.29, 0.717) is 5.82 Å². The van der Waals surface area contributed by atoms with Gasteiger partial charge in [0.15, 0.2) is 5.82 Å². The van der Waals surface area contributed by atoms with Crippen LogP contribution in [0.3, 0.4) is 0 Å². The molecule has 1 rings (SSSR count). The zero-order chi connectivity index (χ0) is 7.40. The van der Waals surface area contributed by atoms with Crippen molar-refractivity contribution in [1.29, 1.82) is 0 Å². The van der Waals surface area contributed by atoms with Crippen LogP contribution in [0.1, 0.15) is 6.92 Å². The van der Waals surface area contributed by atoms with Crippen LogP contribution in [0, 0.1) is 12.5 Å². The smallest absolute Gasteiger partial charge is 0.164 e. The van der Waals surface area contributed by atoms with Crippen LogP contribution in [-0.4, -0.2) is 16.0 Å². The normalized spacial score (nSPS) is 10.0. The van der Waals surface area contributed by atoms with Crippen LogP contribution in [0.15, 0.2) is 17.3 Å². The van der Waals surface area contributed by atoms with Crippen molar-refractivity contribution in [3.05, 3.63) is 12.3 Å². The maximum Gasteiger partial charge on any atom is 0.164 e. The van der Waals surface area contributed by atoms with Crippen molar-refractivity contribution in [2.45, 2.75) is 6.92 Å². The number of hydrogen-bond donors (Lipinski definition) is 0. The highest BCUT2D eigenvalue weighted by Crippen LogP contribution is 2.06. The zero-order valence-electron chi connectivity index (χ0n) is 5.65. The molecule has 50 valence electrons. The summed E-state index contributed by atoms with van der Waals surface area (Å²) in [6.07, 6.45) is 8.39. The van der Waals surface area contributed by atoms with E-state index in [1.165, 1.54) is 4.68 Å². The van der Waals surface area contributed by atoms with Crippen LogP contribution >= 0.6 is 0 Å². The highest BCUT2D eigenvalue weighted by atomic mass is 15.3. The lowest BCUT2D eigenvalue weighted by Gasteiger charge is -1.88. The number of terminal acetylenes is 1. The Balaban J connectivity index is 3.04. The van der Waals surface area contributed by atoms with E-state index in [2.05, 4.69) is 16.1 Å². The van der Waals surface area contributed by atoms with Gasteiger partial charge in [-0.15, -0.1) is 0 Å². The molecule has 3 nitrogen and oxygen atoms in total. The summed E-state index contributed by atoms with van der Waals surface area (Å²) in [5.41, 5.74) is 0. The largest absolute Gasteiger partial charge is 0.241 e. The van der Waals surface area contributed by atoms with Crippen molar-refractivity contribution in [2.75, 3.05) is 0 Å². The summed E-state index contributed by atoms with van der Waals surface area (Å²) >= 11 is 0. The Morgan fingerprint density at radius 2 is 2.70 bits per heavy atom. The third-order valence-corrected chi connectivity index (χ3v) is 1.01. The van der Waals surface area contributed by atoms with Crippen molar-refractivity contribution in [3.8, 4) is 12.5 Å². The Kier molecular flexibility index (Phi) is 1.86. The number of aromatic nitrogens is 2. The number of hydrogen-bond acceptors (Lipinski definition) is 2. The molecular weight excluding hydrogens is 126 g/mol. The number of aliphatic imine (C=N–C) groups is 1. The molecule has 3 heteroatoms. The number of nitrogens with zero attached hydrogens (tertiary/aromatic N) is 3. The van der Waals surface area contributed by atoms with E-state index in [1.54, 1.807) is 18.5 Å². The highest BCUT2D eigenvalue weighted by Gasteiger charge is 1.92. The first kappa shape index (κ1) is 6.56. The molecule has 0 aliphatic carbocycles. The Morgan fingerprint density at radius 3 is 3.30 bits per heavy atom. The third-order valence-electron chi connectivity index (χ3n) is 1.01. The van der Waals surface area contributed by atoms with Crippen molar-refractivity contribution >= 4 is 12.0 Å². The molecule has 0 aliphatic heterocycles. The van der Waals surface area contributed by atoms with Gasteiger partial charge < -0.3 is 0 Å². The van der Waals surface area contributed by atoms with Crippen LogP contribution in [0.2, 0.25) is 0 Å². The first-order chi connectivity index (χ1) is 4.88. The summed E-state index contributed by atoms with van der Waals surface area (Å²) in [6.45, 7) is 1.83. The summed E-state index contributed by atoms with van der Waals surface area (Å²) in [5.74, 6) is 0.685. The van der Waals surface area contributed by atoms with E-state index in [0.717, 1.165) is 0 Å². The average Bonchev–Trinajstić information content (AvgIpc) is 2.36. The minimum atomic E-state index is 0.685. The third kappa shape index (κ3) is 1.06. The molecule has 0 spiro atoms. The first-order valence-corrected chi connectivity index (χ1v) is 2.88. The Bertz CT molecular complexity index is 277. The zero-order valence-corrected chi connectivity index (χ0v) is 5.65. The molecule has 0 radical (unpaired) electrons. The fourth-order valence-electron chi connectivity index (χ4n) is 0.626. The maximum absolute atomic E-state index is 5.10. The minimum Gasteiger partial charge on any atom is -0.241 e. The van der Waals surface area contributed by atoms with Crippen LogP contribution in [0.5, 0.6) is 0 Å². The van der Waals surface area contributed by atoms with Crippen molar-refractivity contribution < 1.29 is 0 Å². The standard InChI is InChI=1S/C7H7N3/c1-3-8-7-5-6-9-10(7)4-2/h2-3,5-6H,1H3. The molecule has 1 aromatic rings. The minimum absolute atomic E-state index is 0.685. The molecule has 1 heterocycles. The highest BCUT2D eigenvalue weighted by molar-refractivity contribution is 5.58. The fourth-order valence-corrected chi connectivity index (χ4v) is 0.626. The molecule has 0 amide bonds. The molecule has 0 saturated carbocycles. The molecule has 0 N–H and O–H groups in total. The van der Waals surface area contributed by atoms with Gasteiger partial charge in [-0.2, -0.15) is 9.78 Å². The van der Waals surface area contributed by atoms with Crippen molar-refractivity contribution in [3.63, 3.8) is 0 Å². The quantitative estimate of drug-likeness (QED) is 0.416. The molecule has 10 heavy (non-hydrogen) atoms. The van der Waals surface area contributed by atoms with Gasteiger partial charge in [0.05, 0.1) is 6.20 Å². The Morgan fingerprint density at radius 1 is 1.90 bits per heavy atom. The Hall–Kier alpha value is -1.56. The second kappa shape index (κ2) is 2.83. The lowest BCUT2D eigenvalue weighted by molar-refractivity contribution is 0.917. The van der Waals surface area contributed by atoms with E-state index < -0.39 is 0 Å². The second-order valence-electron chi connectivity index (χ2n) is 1.62. The van der Waals surface area contributed by atoms with Crippen LogP contribution in [0.25, 0.3) is 0 Å². The maximum atomic E-state index is 5.10. The van der Waals surface area contributed by atoms with E-state index >= 15 is 0 Å². The van der Waals surface area contributed by atoms with Gasteiger partial charge in [-0.05, 0) is 6.92 Å². The van der Waals surface area contributed by atoms with Gasteiger partial charge in [0, 0.05) is 18.3 Å². The molecular formula is C7H7N3. The SMILES string of the molecule is C#Cn1nccc1N=CC. The molecule has 0 atom stereocenters. The average molecular weight is 133 g/mol. The van der Waals surface area contributed by atoms with Gasteiger partial charge in [-0.1, -0.05) is 6.42 Å². The van der Waals surface area contributed by atoms with E-state index in [4.69, 9.17) is 6.42 Å². The van der Waals surface area contributed by atoms with Gasteiger partial charge in [0.1, 0.15) is 0 Å². The summed E-state index contributed by atoms with van der Waals surface area (Å²) in [5, 5.41) is 3.82. The topological polar surface area (TPSA) is 30.2 Å². The fraction of sp³-hybridized carbons (Fsp3) is 0.143. The summed E-state index contributed by atoms with van der Waals surface area (Å²) in [7, 11) is 0. The molecule has 0 unspecified atom stereocenters. The van der Waals surface area contributed by atoms with E-state index in [1.807, 2.05) is 6.92 Å². The number of rotatable bonds is 1. The predicted octanol–water partition coefficient (Wildman–Crippen LogP) is 1.04. The molecule has 0 aliphatic rings. The van der Waals surface area contributed by atoms with Crippen LogP contribution in [-0.2, 0) is 0 Å². The molecule has 0 bridgehead atoms. The summed E-state index contributed by atoms with van der Waals surface area (Å²) < 4.78 is 1.38. The van der Waals surface area contributed by atoms with Crippen LogP contribution < -0.4 is 0 Å². The summed E-state index contributed by atoms with van der Waals surface area (Å²) in [4.78, 5) is 3.97. The van der Waals surface area contributed by atoms with Crippen LogP contribution in [0.4, 0.5) is 5.82 Å². The van der Waals surface area contributed by atoms with Gasteiger partial charge in [-0.25, -0.2) is 4.99 Å². The lowest BCUT2D eigenvalue weighted by atomic mass is 10.6. The van der Waals surface area contributed by atoms with E-state index in [-0.39, 0.29) is 0 Å². The second-order valence-corrected chi connectivity index (χ2v) is 1.62. The summed E-state index contributed by atoms with van der Waals surface area (Å²) in [6, 6.07) is 4.10. The molecule has 0 aromatic carbocycles. The predicted molar refractivity (Wildman–Crippen MR) is 40.3 cm³/mol. The molecule has 0 saturated heterocycles.